The summed E-state index contributed by atoms with van der Waals surface area (Å²) >= 11 is 0. The highest BCUT2D eigenvalue weighted by molar-refractivity contribution is 7.90. The van der Waals surface area contributed by atoms with E-state index >= 15 is 0 Å². The average Bonchev–Trinajstić information content (AvgIpc) is 3.56. The van der Waals surface area contributed by atoms with Crippen molar-refractivity contribution in [1.82, 2.24) is 48.1 Å². The van der Waals surface area contributed by atoms with E-state index in [2.05, 4.69) is 26.6 Å². The van der Waals surface area contributed by atoms with Gasteiger partial charge in [-0.3, -0.25) is 29.4 Å². The molecule has 0 aromatic heterocycles. The maximum atomic E-state index is 14.1. The maximum absolute atomic E-state index is 14.1. The Morgan fingerprint density at radius 3 is 1.29 bits per heavy atom. The smallest absolute Gasteiger partial charge is 0.235 e. The molecule has 34 heteroatoms. The van der Waals surface area contributed by atoms with Gasteiger partial charge < -0.3 is 43.8 Å². The number of nitrogens with two attached hydrogens (primary N) is 3. The summed E-state index contributed by atoms with van der Waals surface area (Å²) in [5.74, 6) is -7.40. The largest absolute Gasteiger partial charge is 0.370 e. The standard InChI is InChI=1S/C56H108N14O15S5/c1-40(2)24-45(11)27-67(87(78,79)23-21-57)35-54(74)63-48(20-17-22-61-56(59)60)29-69(88(80,81)37-43(7)8)34-52(72)62-46(12)28-66(86(13,76)77)33-53(73)64-50(26-42(5)6)31-70(89(82,83)38-44(9)10)36-55(75)65-49(25-41(3)4)30-68(32-51(58)71)90(84,85)39-47-18-15-14-16-19-47/h14-16,18-19,40-46,48-50H,17,20-39,57H2,1-13H3,(H2,58,71)(H,62,72)(H,63,74)(H,64,73)(H,65,75)(H4,59,60,61)/t45-,46-,48-,49-,50-/m0/s1. The lowest BCUT2D eigenvalue weighted by Gasteiger charge is -2.31. The van der Waals surface area contributed by atoms with E-state index in [0.717, 1.165) is 27.8 Å². The molecule has 1 rings (SSSR count). The zero-order chi connectivity index (χ0) is 69.1. The van der Waals surface area contributed by atoms with E-state index < -0.39 is 191 Å². The van der Waals surface area contributed by atoms with Crippen molar-refractivity contribution in [3.8, 4) is 0 Å². The first-order valence-electron chi connectivity index (χ1n) is 30.5. The third-order valence-electron chi connectivity index (χ3n) is 13.5. The van der Waals surface area contributed by atoms with Gasteiger partial charge in [0, 0.05) is 70.0 Å². The van der Waals surface area contributed by atoms with Crippen molar-refractivity contribution in [2.24, 2.45) is 52.7 Å². The number of amides is 5. The van der Waals surface area contributed by atoms with E-state index in [1.165, 1.54) is 6.92 Å². The predicted molar refractivity (Wildman–Crippen MR) is 351 cm³/mol. The molecule has 0 saturated heterocycles. The Balaban J connectivity index is 3.55. The zero-order valence-electron chi connectivity index (χ0n) is 55.1. The fourth-order valence-electron chi connectivity index (χ4n) is 10.2. The Morgan fingerprint density at radius 2 is 0.889 bits per heavy atom. The molecule has 90 heavy (non-hydrogen) atoms. The minimum absolute atomic E-state index is 0.0138. The van der Waals surface area contributed by atoms with Gasteiger partial charge in [-0.15, -0.1) is 0 Å². The number of hydrogen-bond donors (Lipinski definition) is 9. The summed E-state index contributed by atoms with van der Waals surface area (Å²) in [7, 11) is -21.0. The fourth-order valence-corrected chi connectivity index (χ4v) is 17.5. The van der Waals surface area contributed by atoms with Crippen LogP contribution >= 0.6 is 0 Å². The summed E-state index contributed by atoms with van der Waals surface area (Å²) in [5, 5.41) is 21.1. The van der Waals surface area contributed by atoms with Crippen molar-refractivity contribution in [2.45, 2.75) is 145 Å². The third-order valence-corrected chi connectivity index (χ3v) is 22.6. The second kappa shape index (κ2) is 39.1. The molecular weight excluding hydrogens is 1270 g/mol. The van der Waals surface area contributed by atoms with Crippen LogP contribution in [0.3, 0.4) is 0 Å². The highest BCUT2D eigenvalue weighted by Gasteiger charge is 2.35. The molecule has 0 spiro atoms. The Morgan fingerprint density at radius 1 is 0.489 bits per heavy atom. The van der Waals surface area contributed by atoms with Gasteiger partial charge in [0.25, 0.3) is 0 Å². The summed E-state index contributed by atoms with van der Waals surface area (Å²) in [4.78, 5) is 68.1. The number of nitrogens with zero attached hydrogens (tertiary/aromatic N) is 5. The molecule has 5 amide bonds. The third kappa shape index (κ3) is 34.9. The molecule has 0 bridgehead atoms. The number of guanidine groups is 1. The molecule has 0 unspecified atom stereocenters. The SMILES string of the molecule is CC(C)C[C@H](C)CN(CC(=O)N[C@@H](CCCNC(=N)N)CN(CC(=O)N[C@@H](C)CN(CC(=O)N[C@@H](CC(C)C)CN(CC(=O)N[C@@H](CC(C)C)CN(CC(N)=O)S(=O)(=O)Cc1ccccc1)S(=O)(=O)CC(C)C)S(C)(=O)=O)S(=O)(=O)CC(C)C)S(=O)(=O)CCN. The van der Waals surface area contributed by atoms with Crippen LogP contribution in [0.25, 0.3) is 0 Å². The average molecular weight is 1380 g/mol. The van der Waals surface area contributed by atoms with Gasteiger partial charge in [0.05, 0.1) is 62.0 Å². The monoisotopic (exact) mass is 1380 g/mol. The fraction of sp³-hybridized carbons (Fsp3) is 0.786. The van der Waals surface area contributed by atoms with E-state index in [9.17, 15) is 66.1 Å². The lowest BCUT2D eigenvalue weighted by atomic mass is 9.99. The van der Waals surface area contributed by atoms with Gasteiger partial charge in [-0.1, -0.05) is 106 Å². The molecule has 522 valence electrons. The second-order valence-electron chi connectivity index (χ2n) is 25.6. The molecule has 1 aromatic rings. The summed E-state index contributed by atoms with van der Waals surface area (Å²) in [6.45, 7) is 15.6. The van der Waals surface area contributed by atoms with Crippen molar-refractivity contribution < 1.29 is 66.1 Å². The normalized spacial score (nSPS) is 14.6. The van der Waals surface area contributed by atoms with Gasteiger partial charge in [-0.25, -0.2) is 42.1 Å². The van der Waals surface area contributed by atoms with Crippen LogP contribution in [0, 0.1) is 40.9 Å². The van der Waals surface area contributed by atoms with Crippen molar-refractivity contribution in [1.29, 1.82) is 5.41 Å². The molecule has 5 atom stereocenters. The number of rotatable bonds is 47. The summed E-state index contributed by atoms with van der Waals surface area (Å²) in [6.07, 6.45) is 2.16. The van der Waals surface area contributed by atoms with E-state index in [1.54, 1.807) is 71.9 Å². The van der Waals surface area contributed by atoms with Crippen molar-refractivity contribution in [3.05, 3.63) is 35.9 Å². The molecule has 0 heterocycles. The van der Waals surface area contributed by atoms with Crippen molar-refractivity contribution in [2.75, 3.05) is 102 Å². The zero-order valence-corrected chi connectivity index (χ0v) is 59.2. The number of primary amides is 1. The molecular formula is C56H108N14O15S5. The van der Waals surface area contributed by atoms with Crippen LogP contribution < -0.4 is 43.8 Å². The van der Waals surface area contributed by atoms with Crippen LogP contribution in [0.5, 0.6) is 0 Å². The highest BCUT2D eigenvalue weighted by Crippen LogP contribution is 2.19. The quantitative estimate of drug-likeness (QED) is 0.0230. The van der Waals surface area contributed by atoms with Crippen LogP contribution in [0.15, 0.2) is 30.3 Å². The number of sulfonamides is 5. The van der Waals surface area contributed by atoms with Gasteiger partial charge in [0.1, 0.15) is 0 Å². The minimum Gasteiger partial charge on any atom is -0.370 e. The predicted octanol–water partition coefficient (Wildman–Crippen LogP) is -0.272. The van der Waals surface area contributed by atoms with E-state index in [4.69, 9.17) is 22.6 Å². The molecule has 1 aromatic carbocycles. The van der Waals surface area contributed by atoms with E-state index in [1.807, 2.05) is 34.6 Å². The van der Waals surface area contributed by atoms with Gasteiger partial charge in [-0.05, 0) is 80.1 Å². The molecule has 0 fully saturated rings. The van der Waals surface area contributed by atoms with Gasteiger partial charge >= 0.3 is 0 Å². The number of carbonyl (C=O) groups is 5. The van der Waals surface area contributed by atoms with E-state index in [-0.39, 0.29) is 81.5 Å². The summed E-state index contributed by atoms with van der Waals surface area (Å²) in [5.41, 5.74) is 17.0. The van der Waals surface area contributed by atoms with Crippen LogP contribution in [-0.4, -0.2) is 225 Å². The van der Waals surface area contributed by atoms with Crippen molar-refractivity contribution >= 4 is 85.6 Å². The summed E-state index contributed by atoms with van der Waals surface area (Å²) in [6, 6.07) is 4.22. The molecule has 0 aliphatic carbocycles. The first-order valence-corrected chi connectivity index (χ1v) is 38.8. The van der Waals surface area contributed by atoms with Crippen LogP contribution in [0.2, 0.25) is 0 Å². The van der Waals surface area contributed by atoms with Gasteiger partial charge in [-0.2, -0.15) is 21.5 Å². The van der Waals surface area contributed by atoms with Gasteiger partial charge in [0.2, 0.25) is 79.7 Å². The Bertz CT molecular complexity index is 3010. The molecule has 29 nitrogen and oxygen atoms in total. The number of benzene rings is 1. The Labute approximate surface area is 538 Å². The number of nitrogens with one attached hydrogen (secondary N) is 6. The van der Waals surface area contributed by atoms with E-state index in [0.29, 0.717) is 12.0 Å². The Kier molecular flexibility index (Phi) is 36.3. The maximum Gasteiger partial charge on any atom is 0.235 e. The first kappa shape index (κ1) is 83.4. The second-order valence-corrected chi connectivity index (χ2v) is 35.7. The molecule has 0 aliphatic heterocycles. The van der Waals surface area contributed by atoms with Crippen LogP contribution in [0.1, 0.15) is 121 Å². The number of carbonyl (C=O) groups excluding carboxylic acids is 5. The summed E-state index contributed by atoms with van der Waals surface area (Å²) < 4.78 is 142. The van der Waals surface area contributed by atoms with Crippen LogP contribution in [0.4, 0.5) is 0 Å². The highest BCUT2D eigenvalue weighted by atomic mass is 32.2. The lowest BCUT2D eigenvalue weighted by Crippen LogP contribution is -2.55. The molecule has 12 N–H and O–H groups in total. The molecule has 0 radical (unpaired) electrons. The van der Waals surface area contributed by atoms with Crippen LogP contribution in [-0.2, 0) is 79.8 Å². The Hall–Kier alpha value is -4.65. The molecule has 0 aliphatic rings. The first-order chi connectivity index (χ1) is 41.3. The van der Waals surface area contributed by atoms with Crippen molar-refractivity contribution in [3.63, 3.8) is 0 Å². The molecule has 0 saturated carbocycles. The van der Waals surface area contributed by atoms with Gasteiger partial charge in [0.15, 0.2) is 5.96 Å². The number of hydrogen-bond acceptors (Lipinski definition) is 17. The lowest BCUT2D eigenvalue weighted by molar-refractivity contribution is -0.123. The topological polar surface area (TPSA) is 434 Å². The minimum atomic E-state index is -4.28.